The maximum Gasteiger partial charge on any atom is 0.360 e. The third-order valence-electron chi connectivity index (χ3n) is 0.676. The van der Waals surface area contributed by atoms with E-state index in [2.05, 4.69) is 5.05 Å². The molecule has 0 rings (SSSR count). The van der Waals surface area contributed by atoms with Crippen LogP contribution in [0.15, 0.2) is 0 Å². The largest absolute Gasteiger partial charge is 0.360 e. The highest BCUT2D eigenvalue weighted by Crippen LogP contribution is 1.79. The molecule has 0 bridgehead atoms. The fourth-order valence-electron chi connectivity index (χ4n) is 0.287. The highest BCUT2D eigenvalue weighted by molar-refractivity contribution is 6.33. The van der Waals surface area contributed by atoms with E-state index in [1.54, 1.807) is 0 Å². The molecule has 0 aliphatic rings. The van der Waals surface area contributed by atoms with Crippen LogP contribution >= 0.6 is 0 Å². The van der Waals surface area contributed by atoms with E-state index in [0.29, 0.717) is 0 Å². The van der Waals surface area contributed by atoms with E-state index in [9.17, 15) is 4.79 Å². The standard InChI is InChI=1S/C3H5O.CH3.Mg/c1-2-3-4;;/h3H,1-2H2;1H3;. The molecule has 0 saturated heterocycles. The molecule has 0 heterocycles. The lowest BCUT2D eigenvalue weighted by atomic mass is 10.6. The molecule has 0 aliphatic carbocycles. The molecule has 0 fully saturated rings. The molecule has 0 saturated carbocycles. The zero-order chi connectivity index (χ0) is 4.83. The van der Waals surface area contributed by atoms with Gasteiger partial charge in [0.1, 0.15) is 6.29 Å². The maximum absolute atomic E-state index is 9.59. The van der Waals surface area contributed by atoms with Crippen molar-refractivity contribution < 1.29 is 4.79 Å². The molecule has 6 heavy (non-hydrogen) atoms. The predicted molar refractivity (Wildman–Crippen MR) is 27.1 cm³/mol. The van der Waals surface area contributed by atoms with Gasteiger partial charge in [0.15, 0.2) is 0 Å². The van der Waals surface area contributed by atoms with Crippen molar-refractivity contribution in [2.45, 2.75) is 16.0 Å². The van der Waals surface area contributed by atoms with Crippen LogP contribution in [0.1, 0.15) is 6.42 Å². The maximum atomic E-state index is 9.59. The Labute approximate surface area is 47.8 Å². The van der Waals surface area contributed by atoms with Crippen LogP contribution in [0.5, 0.6) is 0 Å². The van der Waals surface area contributed by atoms with Gasteiger partial charge in [0.25, 0.3) is 0 Å². The average molecular weight is 96.4 g/mol. The lowest BCUT2D eigenvalue weighted by molar-refractivity contribution is -0.107. The third kappa shape index (κ3) is 4.44. The molecule has 0 atom stereocenters. The van der Waals surface area contributed by atoms with Gasteiger partial charge in [0, 0.05) is 0 Å². The lowest BCUT2D eigenvalue weighted by Crippen LogP contribution is -1.79. The van der Waals surface area contributed by atoms with Crippen LogP contribution in [0.3, 0.4) is 0 Å². The highest BCUT2D eigenvalue weighted by atomic mass is 24.5. The molecular formula is C4H8MgO. The van der Waals surface area contributed by atoms with E-state index in [1.165, 1.54) is 4.55 Å². The SMILES string of the molecule is [CH3][Mg][CH2]CC=O. The van der Waals surface area contributed by atoms with Crippen molar-refractivity contribution in [2.75, 3.05) is 0 Å². The first-order valence-corrected chi connectivity index (χ1v) is 4.77. The smallest absolute Gasteiger partial charge is 0.303 e. The van der Waals surface area contributed by atoms with Gasteiger partial charge in [-0.3, -0.25) is 0 Å². The molecule has 0 aliphatic heterocycles. The number of hydrogen-bond acceptors (Lipinski definition) is 1. The third-order valence-corrected chi connectivity index (χ3v) is 1.79. The molecule has 0 unspecified atom stereocenters. The van der Waals surface area contributed by atoms with Crippen LogP contribution in [0.2, 0.25) is 9.60 Å². The van der Waals surface area contributed by atoms with Crippen LogP contribution in [-0.2, 0) is 4.79 Å². The summed E-state index contributed by atoms with van der Waals surface area (Å²) in [5.41, 5.74) is 0. The first-order chi connectivity index (χ1) is 2.91. The molecule has 0 radical (unpaired) electrons. The Morgan fingerprint density at radius 3 is 2.67 bits per heavy atom. The van der Waals surface area contributed by atoms with E-state index >= 15 is 0 Å². The van der Waals surface area contributed by atoms with Crippen molar-refractivity contribution in [3.63, 3.8) is 0 Å². The van der Waals surface area contributed by atoms with Gasteiger partial charge in [-0.25, -0.2) is 0 Å². The molecule has 0 aromatic heterocycles. The van der Waals surface area contributed by atoms with Crippen LogP contribution < -0.4 is 0 Å². The topological polar surface area (TPSA) is 17.1 Å². The second kappa shape index (κ2) is 5.44. The predicted octanol–water partition coefficient (Wildman–Crippen LogP) is 0.746. The Morgan fingerprint density at radius 1 is 1.83 bits per heavy atom. The number of carbonyl (C=O) groups is 1. The zero-order valence-corrected chi connectivity index (χ0v) is 5.52. The van der Waals surface area contributed by atoms with Gasteiger partial charge in [-0.1, -0.05) is 0 Å². The van der Waals surface area contributed by atoms with Gasteiger partial charge in [0.05, 0.1) is 0 Å². The Bertz CT molecular complexity index is 36.5. The summed E-state index contributed by atoms with van der Waals surface area (Å²) in [6.45, 7) is 0. The van der Waals surface area contributed by atoms with Gasteiger partial charge < -0.3 is 4.79 Å². The van der Waals surface area contributed by atoms with Crippen LogP contribution in [0.25, 0.3) is 0 Å². The second-order valence-corrected chi connectivity index (χ2v) is 3.02. The molecule has 0 amide bonds. The summed E-state index contributed by atoms with van der Waals surface area (Å²) in [6, 6.07) is 0. The first kappa shape index (κ1) is 6.44. The lowest BCUT2D eigenvalue weighted by Gasteiger charge is -1.75. The molecule has 32 valence electrons. The van der Waals surface area contributed by atoms with E-state index in [1.807, 2.05) is 0 Å². The Balaban J connectivity index is 2.49. The number of aldehydes is 1. The number of rotatable bonds is 3. The first-order valence-electron chi connectivity index (χ1n) is 2.35. The van der Waals surface area contributed by atoms with E-state index < -0.39 is 0 Å². The van der Waals surface area contributed by atoms with E-state index in [-0.39, 0.29) is 20.4 Å². The fourth-order valence-corrected chi connectivity index (χ4v) is 0.862. The van der Waals surface area contributed by atoms with Gasteiger partial charge >= 0.3 is 20.4 Å². The van der Waals surface area contributed by atoms with Crippen LogP contribution in [0.4, 0.5) is 0 Å². The van der Waals surface area contributed by atoms with Gasteiger partial charge in [-0.05, 0) is 6.42 Å². The fraction of sp³-hybridized carbons (Fsp3) is 0.750. The Morgan fingerprint density at radius 2 is 2.50 bits per heavy atom. The summed E-state index contributed by atoms with van der Waals surface area (Å²) >= 11 is 0.172. The summed E-state index contributed by atoms with van der Waals surface area (Å²) in [7, 11) is 0. The summed E-state index contributed by atoms with van der Waals surface area (Å²) in [5, 5.41) is 2.21. The minimum atomic E-state index is 0.172. The Kier molecular flexibility index (Phi) is 5.83. The zero-order valence-electron chi connectivity index (χ0n) is 4.11. The summed E-state index contributed by atoms with van der Waals surface area (Å²) in [4.78, 5) is 9.59. The van der Waals surface area contributed by atoms with Crippen LogP contribution in [-0.4, -0.2) is 26.7 Å². The molecule has 1 nitrogen and oxygen atoms in total. The summed E-state index contributed by atoms with van der Waals surface area (Å²) < 4.78 is 1.18. The van der Waals surface area contributed by atoms with Gasteiger partial charge in [-0.2, -0.15) is 5.05 Å². The average Bonchev–Trinajstić information content (AvgIpc) is 1.61. The highest BCUT2D eigenvalue weighted by Gasteiger charge is 1.81. The molecule has 0 spiro atoms. The van der Waals surface area contributed by atoms with Crippen LogP contribution in [0, 0.1) is 0 Å². The van der Waals surface area contributed by atoms with Crippen molar-refractivity contribution in [1.82, 2.24) is 0 Å². The number of carbonyl (C=O) groups excluding carboxylic acids is 1. The quantitative estimate of drug-likeness (QED) is 0.288. The Hall–Kier alpha value is 0.436. The minimum absolute atomic E-state index is 0.172. The molecule has 0 aromatic carbocycles. The summed E-state index contributed by atoms with van der Waals surface area (Å²) in [5.74, 6) is 0. The summed E-state index contributed by atoms with van der Waals surface area (Å²) in [6.07, 6.45) is 1.79. The van der Waals surface area contributed by atoms with E-state index in [0.717, 1.165) is 12.7 Å². The van der Waals surface area contributed by atoms with Gasteiger partial charge in [0.2, 0.25) is 0 Å². The monoisotopic (exact) mass is 96.0 g/mol. The van der Waals surface area contributed by atoms with E-state index in [4.69, 9.17) is 0 Å². The molecule has 0 aromatic rings. The van der Waals surface area contributed by atoms with Gasteiger partial charge in [-0.15, -0.1) is 4.55 Å². The van der Waals surface area contributed by atoms with Crippen molar-refractivity contribution in [1.29, 1.82) is 0 Å². The minimum Gasteiger partial charge on any atom is -0.303 e. The number of hydrogen-bond donors (Lipinski definition) is 0. The normalized spacial score (nSPS) is 6.83. The second-order valence-electron chi connectivity index (χ2n) is 1.31. The molecule has 2 heteroatoms. The molecule has 0 N–H and O–H groups in total. The van der Waals surface area contributed by atoms with Crippen molar-refractivity contribution in [3.8, 4) is 0 Å². The van der Waals surface area contributed by atoms with Crippen molar-refractivity contribution in [2.24, 2.45) is 0 Å². The van der Waals surface area contributed by atoms with Crippen molar-refractivity contribution >= 4 is 26.7 Å². The molecular weight excluding hydrogens is 88.3 g/mol. The van der Waals surface area contributed by atoms with Crippen molar-refractivity contribution in [3.05, 3.63) is 0 Å².